The van der Waals surface area contributed by atoms with Crippen LogP contribution in [0.2, 0.25) is 0 Å². The number of halogens is 1. The summed E-state index contributed by atoms with van der Waals surface area (Å²) in [6.07, 6.45) is 0.791. The SMILES string of the molecule is CNCCc1ccccc1C(=O)c1ccc(F)cc1. The summed E-state index contributed by atoms with van der Waals surface area (Å²) in [6.45, 7) is 0.813. The van der Waals surface area contributed by atoms with Crippen LogP contribution in [0.3, 0.4) is 0 Å². The first-order valence-electron chi connectivity index (χ1n) is 6.25. The van der Waals surface area contributed by atoms with Crippen LogP contribution in [0.4, 0.5) is 4.39 Å². The van der Waals surface area contributed by atoms with E-state index >= 15 is 0 Å². The molecule has 2 aromatic carbocycles. The zero-order valence-corrected chi connectivity index (χ0v) is 10.8. The monoisotopic (exact) mass is 257 g/mol. The lowest BCUT2D eigenvalue weighted by molar-refractivity contribution is 0.103. The summed E-state index contributed by atoms with van der Waals surface area (Å²) in [4.78, 5) is 12.4. The molecular weight excluding hydrogens is 241 g/mol. The number of carbonyl (C=O) groups is 1. The summed E-state index contributed by atoms with van der Waals surface area (Å²) in [5, 5.41) is 3.07. The van der Waals surface area contributed by atoms with E-state index in [9.17, 15) is 9.18 Å². The Hall–Kier alpha value is -2.00. The number of rotatable bonds is 5. The van der Waals surface area contributed by atoms with E-state index in [-0.39, 0.29) is 11.6 Å². The van der Waals surface area contributed by atoms with Gasteiger partial charge in [0, 0.05) is 11.1 Å². The van der Waals surface area contributed by atoms with E-state index in [1.807, 2.05) is 31.3 Å². The van der Waals surface area contributed by atoms with Crippen molar-refractivity contribution in [3.05, 3.63) is 71.0 Å². The predicted molar refractivity (Wildman–Crippen MR) is 73.9 cm³/mol. The molecule has 0 aromatic heterocycles. The average Bonchev–Trinajstić information content (AvgIpc) is 2.45. The molecule has 3 heteroatoms. The third kappa shape index (κ3) is 3.26. The minimum Gasteiger partial charge on any atom is -0.319 e. The van der Waals surface area contributed by atoms with Crippen LogP contribution in [-0.2, 0) is 6.42 Å². The van der Waals surface area contributed by atoms with E-state index in [0.29, 0.717) is 11.1 Å². The van der Waals surface area contributed by atoms with Gasteiger partial charge in [-0.2, -0.15) is 0 Å². The number of hydrogen-bond acceptors (Lipinski definition) is 2. The van der Waals surface area contributed by atoms with Gasteiger partial charge in [0.15, 0.2) is 5.78 Å². The molecule has 0 aliphatic heterocycles. The van der Waals surface area contributed by atoms with Crippen molar-refractivity contribution >= 4 is 5.78 Å². The molecule has 2 aromatic rings. The first kappa shape index (κ1) is 13.4. The Morgan fingerprint density at radius 3 is 2.47 bits per heavy atom. The van der Waals surface area contributed by atoms with Crippen LogP contribution in [0.1, 0.15) is 21.5 Å². The Morgan fingerprint density at radius 1 is 1.11 bits per heavy atom. The van der Waals surface area contributed by atoms with Gasteiger partial charge in [0.2, 0.25) is 0 Å². The van der Waals surface area contributed by atoms with E-state index in [1.54, 1.807) is 0 Å². The van der Waals surface area contributed by atoms with E-state index in [4.69, 9.17) is 0 Å². The van der Waals surface area contributed by atoms with Crippen LogP contribution in [0.25, 0.3) is 0 Å². The van der Waals surface area contributed by atoms with Crippen molar-refractivity contribution in [2.45, 2.75) is 6.42 Å². The maximum Gasteiger partial charge on any atom is 0.193 e. The fourth-order valence-electron chi connectivity index (χ4n) is 1.98. The smallest absolute Gasteiger partial charge is 0.193 e. The van der Waals surface area contributed by atoms with Gasteiger partial charge >= 0.3 is 0 Å². The molecule has 0 radical (unpaired) electrons. The van der Waals surface area contributed by atoms with Crippen molar-refractivity contribution in [1.82, 2.24) is 5.32 Å². The number of carbonyl (C=O) groups excluding carboxylic acids is 1. The second kappa shape index (κ2) is 6.25. The molecule has 0 fully saturated rings. The molecule has 0 aliphatic rings. The maximum absolute atomic E-state index is 12.9. The van der Waals surface area contributed by atoms with Gasteiger partial charge in [-0.1, -0.05) is 24.3 Å². The molecule has 2 rings (SSSR count). The summed E-state index contributed by atoms with van der Waals surface area (Å²) in [5.74, 6) is -0.397. The average molecular weight is 257 g/mol. The van der Waals surface area contributed by atoms with Crippen molar-refractivity contribution in [1.29, 1.82) is 0 Å². The first-order valence-corrected chi connectivity index (χ1v) is 6.25. The molecule has 1 N–H and O–H groups in total. The Bertz CT molecular complexity index is 563. The highest BCUT2D eigenvalue weighted by Crippen LogP contribution is 2.15. The molecule has 0 aliphatic carbocycles. The Balaban J connectivity index is 2.30. The molecule has 2 nitrogen and oxygen atoms in total. The summed E-state index contributed by atoms with van der Waals surface area (Å²) in [5.41, 5.74) is 2.20. The van der Waals surface area contributed by atoms with Crippen molar-refractivity contribution in [3.63, 3.8) is 0 Å². The Kier molecular flexibility index (Phi) is 4.42. The normalized spacial score (nSPS) is 10.4. The highest BCUT2D eigenvalue weighted by molar-refractivity contribution is 6.09. The van der Waals surface area contributed by atoms with Crippen LogP contribution in [0.15, 0.2) is 48.5 Å². The van der Waals surface area contributed by atoms with Crippen molar-refractivity contribution in [3.8, 4) is 0 Å². The maximum atomic E-state index is 12.9. The van der Waals surface area contributed by atoms with Crippen LogP contribution in [0, 0.1) is 5.82 Å². The molecule has 0 saturated heterocycles. The van der Waals surface area contributed by atoms with Gasteiger partial charge in [-0.3, -0.25) is 4.79 Å². The number of hydrogen-bond donors (Lipinski definition) is 1. The highest BCUT2D eigenvalue weighted by atomic mass is 19.1. The minimum absolute atomic E-state index is 0.0632. The molecule has 0 atom stereocenters. The van der Waals surface area contributed by atoms with E-state index in [0.717, 1.165) is 18.5 Å². The second-order valence-electron chi connectivity index (χ2n) is 4.35. The number of ketones is 1. The molecule has 98 valence electrons. The summed E-state index contributed by atoms with van der Waals surface area (Å²) >= 11 is 0. The third-order valence-electron chi connectivity index (χ3n) is 3.01. The van der Waals surface area contributed by atoms with Gasteiger partial charge in [0.25, 0.3) is 0 Å². The predicted octanol–water partition coefficient (Wildman–Crippen LogP) is 2.82. The first-order chi connectivity index (χ1) is 9.22. The number of likely N-dealkylation sites (N-methyl/N-ethyl adjacent to an activating group) is 1. The largest absolute Gasteiger partial charge is 0.319 e. The lowest BCUT2D eigenvalue weighted by atomic mass is 9.96. The van der Waals surface area contributed by atoms with Crippen molar-refractivity contribution in [2.24, 2.45) is 0 Å². The zero-order valence-electron chi connectivity index (χ0n) is 10.8. The molecular formula is C16H16FNO. The highest BCUT2D eigenvalue weighted by Gasteiger charge is 2.12. The van der Waals surface area contributed by atoms with Gasteiger partial charge in [-0.25, -0.2) is 4.39 Å². The topological polar surface area (TPSA) is 29.1 Å². The molecule has 0 heterocycles. The van der Waals surface area contributed by atoms with Crippen LogP contribution < -0.4 is 5.32 Å². The van der Waals surface area contributed by atoms with Crippen molar-refractivity contribution in [2.75, 3.05) is 13.6 Å². The fraction of sp³-hybridized carbons (Fsp3) is 0.188. The second-order valence-corrected chi connectivity index (χ2v) is 4.35. The zero-order chi connectivity index (χ0) is 13.7. The lowest BCUT2D eigenvalue weighted by Crippen LogP contribution is -2.13. The Morgan fingerprint density at radius 2 is 1.79 bits per heavy atom. The molecule has 0 unspecified atom stereocenters. The van der Waals surface area contributed by atoms with Gasteiger partial charge in [0.05, 0.1) is 0 Å². The summed E-state index contributed by atoms with van der Waals surface area (Å²) in [7, 11) is 1.88. The van der Waals surface area contributed by atoms with Crippen LogP contribution in [0.5, 0.6) is 0 Å². The van der Waals surface area contributed by atoms with E-state index in [1.165, 1.54) is 24.3 Å². The number of benzene rings is 2. The van der Waals surface area contributed by atoms with Gasteiger partial charge < -0.3 is 5.32 Å². The van der Waals surface area contributed by atoms with Crippen LogP contribution >= 0.6 is 0 Å². The third-order valence-corrected chi connectivity index (χ3v) is 3.01. The fourth-order valence-corrected chi connectivity index (χ4v) is 1.98. The van der Waals surface area contributed by atoms with Gasteiger partial charge in [-0.05, 0) is 49.8 Å². The van der Waals surface area contributed by atoms with Crippen LogP contribution in [-0.4, -0.2) is 19.4 Å². The van der Waals surface area contributed by atoms with E-state index < -0.39 is 0 Å². The Labute approximate surface area is 112 Å². The summed E-state index contributed by atoms with van der Waals surface area (Å²) < 4.78 is 12.9. The molecule has 0 saturated carbocycles. The summed E-state index contributed by atoms with van der Waals surface area (Å²) in [6, 6.07) is 13.2. The van der Waals surface area contributed by atoms with E-state index in [2.05, 4.69) is 5.32 Å². The molecule has 0 amide bonds. The number of nitrogens with one attached hydrogen (secondary N) is 1. The standard InChI is InChI=1S/C16H16FNO/c1-18-11-10-12-4-2-3-5-15(12)16(19)13-6-8-14(17)9-7-13/h2-9,18H,10-11H2,1H3. The molecule has 0 spiro atoms. The quantitative estimate of drug-likeness (QED) is 0.834. The minimum atomic E-state index is -0.333. The molecule has 0 bridgehead atoms. The van der Waals surface area contributed by atoms with Gasteiger partial charge in [0.1, 0.15) is 5.82 Å². The van der Waals surface area contributed by atoms with Crippen molar-refractivity contribution < 1.29 is 9.18 Å². The van der Waals surface area contributed by atoms with Gasteiger partial charge in [-0.15, -0.1) is 0 Å². The molecule has 19 heavy (non-hydrogen) atoms. The lowest BCUT2D eigenvalue weighted by Gasteiger charge is -2.08.